The van der Waals surface area contributed by atoms with E-state index in [1.54, 1.807) is 0 Å². The maximum Gasteiger partial charge on any atom is 0.315 e. The van der Waals surface area contributed by atoms with Crippen LogP contribution in [0.15, 0.2) is 24.3 Å². The number of amides is 2. The number of hydrogen-bond donors (Lipinski definition) is 3. The second-order valence-electron chi connectivity index (χ2n) is 9.11. The third kappa shape index (κ3) is 14.9. The minimum Gasteiger partial charge on any atom is -0.493 e. The molecule has 0 aromatic heterocycles. The van der Waals surface area contributed by atoms with Crippen molar-refractivity contribution in [2.45, 2.75) is 57.9 Å². The van der Waals surface area contributed by atoms with Crippen LogP contribution in [0.1, 0.15) is 51.9 Å². The van der Waals surface area contributed by atoms with Crippen molar-refractivity contribution in [3.05, 3.63) is 24.3 Å². The number of carboxylic acids is 1. The van der Waals surface area contributed by atoms with Crippen LogP contribution in [0.2, 0.25) is 0 Å². The van der Waals surface area contributed by atoms with Gasteiger partial charge in [0, 0.05) is 39.9 Å². The molecule has 0 radical (unpaired) electrons. The Morgan fingerprint density at radius 2 is 1.62 bits per heavy atom. The molecule has 1 aromatic carbocycles. The summed E-state index contributed by atoms with van der Waals surface area (Å²) in [6.45, 7) is 10.4. The third-order valence-corrected chi connectivity index (χ3v) is 6.26. The molecule has 0 aliphatic rings. The molecule has 0 aliphatic heterocycles. The molecule has 0 aliphatic carbocycles. The molecule has 182 valence electrons. The van der Waals surface area contributed by atoms with Gasteiger partial charge in [0.2, 0.25) is 0 Å². The molecule has 0 unspecified atom stereocenters. The highest BCUT2D eigenvalue weighted by molar-refractivity contribution is 7.73. The number of carboxylic acid groups (broad SMARTS) is 1. The van der Waals surface area contributed by atoms with E-state index >= 15 is 0 Å². The number of ether oxygens (including phenoxy) is 2. The molecule has 1 rings (SSSR count). The molecule has 3 N–H and O–H groups in total. The normalized spacial score (nSPS) is 12.1. The molecule has 2 amide bonds. The number of carbonyl (C=O) groups excluding carboxylic acids is 1. The Balaban J connectivity index is 2.22. The quantitative estimate of drug-likeness (QED) is 0.224. The maximum absolute atomic E-state index is 12.1. The van der Waals surface area contributed by atoms with Crippen LogP contribution in [0.5, 0.6) is 11.5 Å². The van der Waals surface area contributed by atoms with Crippen molar-refractivity contribution in [3.8, 4) is 11.5 Å². The van der Waals surface area contributed by atoms with Gasteiger partial charge < -0.3 is 25.2 Å². The number of hydrogen-bond acceptors (Lipinski definition) is 4. The highest BCUT2D eigenvalue weighted by Gasteiger charge is 2.27. The summed E-state index contributed by atoms with van der Waals surface area (Å²) in [7, 11) is -1.20. The molecule has 32 heavy (non-hydrogen) atoms. The molecule has 0 spiro atoms. The van der Waals surface area contributed by atoms with Crippen molar-refractivity contribution in [1.29, 1.82) is 0 Å². The average molecular weight is 470 g/mol. The van der Waals surface area contributed by atoms with Gasteiger partial charge in [0.1, 0.15) is 11.5 Å². The Bertz CT molecular complexity index is 679. The minimum absolute atomic E-state index is 0.0555. The lowest BCUT2D eigenvalue weighted by Crippen LogP contribution is -2.45. The van der Waals surface area contributed by atoms with Gasteiger partial charge >= 0.3 is 12.0 Å². The second-order valence-corrected chi connectivity index (χ2v) is 14.1. The number of urea groups is 1. The SMILES string of the molecule is CCCCCCOc1cccc(OCCCCNC(=O)N[C@H](CC(=O)O)C[P+](C)(C)C)c1. The number of carbonyl (C=O) groups is 2. The number of unbranched alkanes of at least 4 members (excludes halogenated alkanes) is 4. The Kier molecular flexibility index (Phi) is 13.8. The highest BCUT2D eigenvalue weighted by Crippen LogP contribution is 2.47. The van der Waals surface area contributed by atoms with Gasteiger partial charge in [-0.2, -0.15) is 0 Å². The van der Waals surface area contributed by atoms with Gasteiger partial charge in [0.05, 0.1) is 31.8 Å². The molecular weight excluding hydrogens is 427 g/mol. The van der Waals surface area contributed by atoms with Crippen molar-refractivity contribution in [1.82, 2.24) is 10.6 Å². The lowest BCUT2D eigenvalue weighted by atomic mass is 10.2. The first-order valence-corrected chi connectivity index (χ1v) is 14.9. The van der Waals surface area contributed by atoms with Crippen LogP contribution in [0.3, 0.4) is 0 Å². The Morgan fingerprint density at radius 3 is 2.19 bits per heavy atom. The summed E-state index contributed by atoms with van der Waals surface area (Å²) in [5.74, 6) is 0.710. The summed E-state index contributed by atoms with van der Waals surface area (Å²) in [6.07, 6.45) is 6.94. The monoisotopic (exact) mass is 469 g/mol. The van der Waals surface area contributed by atoms with Crippen LogP contribution in [0.25, 0.3) is 0 Å². The summed E-state index contributed by atoms with van der Waals surface area (Å²) >= 11 is 0. The average Bonchev–Trinajstić information content (AvgIpc) is 2.69. The van der Waals surface area contributed by atoms with Crippen molar-refractivity contribution >= 4 is 19.3 Å². The van der Waals surface area contributed by atoms with E-state index in [1.807, 2.05) is 24.3 Å². The summed E-state index contributed by atoms with van der Waals surface area (Å²) in [5, 5.41) is 14.7. The largest absolute Gasteiger partial charge is 0.493 e. The number of benzene rings is 1. The predicted molar refractivity (Wildman–Crippen MR) is 133 cm³/mol. The maximum atomic E-state index is 12.1. The van der Waals surface area contributed by atoms with Gasteiger partial charge in [-0.1, -0.05) is 32.3 Å². The lowest BCUT2D eigenvalue weighted by Gasteiger charge is -2.21. The topological polar surface area (TPSA) is 96.9 Å². The van der Waals surface area contributed by atoms with Crippen molar-refractivity contribution in [2.24, 2.45) is 0 Å². The summed E-state index contributed by atoms with van der Waals surface area (Å²) in [6, 6.07) is 7.03. The highest BCUT2D eigenvalue weighted by atomic mass is 31.2. The standard InChI is InChI=1S/C24H41N2O5P/c1-5-6-7-9-15-30-21-12-11-13-22(18-21)31-16-10-8-14-25-24(29)26-20(17-23(27)28)19-32(2,3)4/h11-13,18,20H,5-10,14-17,19H2,1-4H3,(H2-,25,26,27,28,29)/p+1/t20-/m1/s1. The predicted octanol–water partition coefficient (Wildman–Crippen LogP) is 4.85. The van der Waals surface area contributed by atoms with E-state index in [2.05, 4.69) is 37.6 Å². The van der Waals surface area contributed by atoms with Crippen molar-refractivity contribution in [3.63, 3.8) is 0 Å². The summed E-state index contributed by atoms with van der Waals surface area (Å²) in [4.78, 5) is 23.2. The number of rotatable bonds is 17. The summed E-state index contributed by atoms with van der Waals surface area (Å²) < 4.78 is 11.6. The minimum atomic E-state index is -1.20. The van der Waals surface area contributed by atoms with Gasteiger partial charge in [-0.05, 0) is 31.4 Å². The molecule has 0 heterocycles. The van der Waals surface area contributed by atoms with E-state index in [-0.39, 0.29) is 18.5 Å². The van der Waals surface area contributed by atoms with Crippen LogP contribution in [0, 0.1) is 0 Å². The van der Waals surface area contributed by atoms with Crippen LogP contribution in [-0.4, -0.2) is 69.1 Å². The second kappa shape index (κ2) is 15.7. The molecule has 0 saturated carbocycles. The van der Waals surface area contributed by atoms with E-state index in [4.69, 9.17) is 14.6 Å². The van der Waals surface area contributed by atoms with Gasteiger partial charge in [-0.25, -0.2) is 4.79 Å². The van der Waals surface area contributed by atoms with Gasteiger partial charge in [0.25, 0.3) is 0 Å². The third-order valence-electron chi connectivity index (χ3n) is 4.72. The Labute approximate surface area is 194 Å². The molecule has 0 saturated heterocycles. The van der Waals surface area contributed by atoms with Crippen molar-refractivity contribution < 1.29 is 24.2 Å². The zero-order valence-corrected chi connectivity index (χ0v) is 21.1. The molecule has 1 aromatic rings. The zero-order chi connectivity index (χ0) is 23.8. The first-order valence-electron chi connectivity index (χ1n) is 11.6. The first-order chi connectivity index (χ1) is 15.2. The van der Waals surface area contributed by atoms with E-state index in [9.17, 15) is 9.59 Å². The van der Waals surface area contributed by atoms with Gasteiger partial charge in [0.15, 0.2) is 0 Å². The van der Waals surface area contributed by atoms with Crippen LogP contribution >= 0.6 is 7.26 Å². The molecule has 8 heteroatoms. The smallest absolute Gasteiger partial charge is 0.315 e. The van der Waals surface area contributed by atoms with E-state index < -0.39 is 13.2 Å². The number of aliphatic carboxylic acids is 1. The zero-order valence-electron chi connectivity index (χ0n) is 20.2. The fourth-order valence-corrected chi connectivity index (χ4v) is 4.80. The fourth-order valence-electron chi connectivity index (χ4n) is 3.26. The molecule has 0 fully saturated rings. The van der Waals surface area contributed by atoms with Gasteiger partial charge in [-0.15, -0.1) is 0 Å². The van der Waals surface area contributed by atoms with E-state index in [0.717, 1.165) is 37.4 Å². The number of nitrogens with one attached hydrogen (secondary N) is 2. The Hall–Kier alpha value is -2.01. The van der Waals surface area contributed by atoms with Crippen LogP contribution < -0.4 is 20.1 Å². The lowest BCUT2D eigenvalue weighted by molar-refractivity contribution is -0.137. The fraction of sp³-hybridized carbons (Fsp3) is 0.667. The van der Waals surface area contributed by atoms with Crippen LogP contribution in [-0.2, 0) is 4.79 Å². The van der Waals surface area contributed by atoms with E-state index in [0.29, 0.717) is 19.3 Å². The first kappa shape index (κ1) is 28.0. The van der Waals surface area contributed by atoms with Crippen molar-refractivity contribution in [2.75, 3.05) is 45.9 Å². The molecule has 0 bridgehead atoms. The molecule has 7 nitrogen and oxygen atoms in total. The molecular formula is C24H42N2O5P+. The Morgan fingerprint density at radius 1 is 1.00 bits per heavy atom. The summed E-state index contributed by atoms with van der Waals surface area (Å²) in [5.41, 5.74) is 0. The van der Waals surface area contributed by atoms with E-state index in [1.165, 1.54) is 19.3 Å². The molecule has 1 atom stereocenters. The van der Waals surface area contributed by atoms with Gasteiger partial charge in [-0.3, -0.25) is 4.79 Å². The van der Waals surface area contributed by atoms with Crippen LogP contribution in [0.4, 0.5) is 4.79 Å².